The van der Waals surface area contributed by atoms with Gasteiger partial charge in [-0.05, 0) is 32.1 Å². The third-order valence-corrected chi connectivity index (χ3v) is 4.86. The number of carboxylic acids is 1. The van der Waals surface area contributed by atoms with Crippen LogP contribution in [0.4, 0.5) is 0 Å². The zero-order chi connectivity index (χ0) is 13.9. The second-order valence-corrected chi connectivity index (χ2v) is 6.42. The molecule has 0 spiro atoms. The van der Waals surface area contributed by atoms with Crippen molar-refractivity contribution in [3.8, 4) is 0 Å². The number of aliphatic carboxylic acids is 1. The van der Waals surface area contributed by atoms with Crippen LogP contribution in [-0.2, 0) is 9.53 Å². The minimum atomic E-state index is -0.703. The van der Waals surface area contributed by atoms with Crippen LogP contribution in [0.2, 0.25) is 0 Å². The monoisotopic (exact) mass is 282 g/mol. The molecule has 0 aromatic rings. The largest absolute Gasteiger partial charge is 0.480 e. The molecule has 114 valence electrons. The van der Waals surface area contributed by atoms with Crippen molar-refractivity contribution >= 4 is 5.97 Å². The number of ether oxygens (including phenoxy) is 1. The van der Waals surface area contributed by atoms with Gasteiger partial charge in [0.1, 0.15) is 6.04 Å². The van der Waals surface area contributed by atoms with Gasteiger partial charge >= 0.3 is 5.97 Å². The Morgan fingerprint density at radius 2 is 2.10 bits per heavy atom. The SMILES string of the molecule is O=C(O)C(CCN1CCOC2CCCCC21)NC1CC1. The molecule has 5 nitrogen and oxygen atoms in total. The van der Waals surface area contributed by atoms with Crippen LogP contribution >= 0.6 is 0 Å². The average molecular weight is 282 g/mol. The van der Waals surface area contributed by atoms with E-state index in [0.29, 0.717) is 24.6 Å². The smallest absolute Gasteiger partial charge is 0.320 e. The molecule has 0 aromatic heterocycles. The van der Waals surface area contributed by atoms with Gasteiger partial charge in [0.05, 0.1) is 12.7 Å². The Bertz CT molecular complexity index is 344. The van der Waals surface area contributed by atoms with Gasteiger partial charge in [0.25, 0.3) is 0 Å². The molecule has 0 aromatic carbocycles. The number of hydrogen-bond donors (Lipinski definition) is 2. The first kappa shape index (κ1) is 14.3. The number of morpholine rings is 1. The lowest BCUT2D eigenvalue weighted by Crippen LogP contribution is -2.53. The standard InChI is InChI=1S/C15H26N2O3/c18-15(19)12(16-11-5-6-11)7-8-17-9-10-20-14-4-2-1-3-13(14)17/h11-14,16H,1-10H2,(H,18,19). The van der Waals surface area contributed by atoms with E-state index >= 15 is 0 Å². The molecule has 2 saturated carbocycles. The van der Waals surface area contributed by atoms with Crippen molar-refractivity contribution in [2.45, 2.75) is 69.2 Å². The van der Waals surface area contributed by atoms with Crippen molar-refractivity contribution in [3.05, 3.63) is 0 Å². The second-order valence-electron chi connectivity index (χ2n) is 6.42. The first-order valence-corrected chi connectivity index (χ1v) is 8.08. The first-order valence-electron chi connectivity index (χ1n) is 8.08. The molecular weight excluding hydrogens is 256 g/mol. The Kier molecular flexibility index (Phi) is 4.58. The Morgan fingerprint density at radius 1 is 1.30 bits per heavy atom. The van der Waals surface area contributed by atoms with E-state index < -0.39 is 5.97 Å². The number of rotatable bonds is 6. The molecule has 20 heavy (non-hydrogen) atoms. The van der Waals surface area contributed by atoms with Gasteiger partial charge in [-0.15, -0.1) is 0 Å². The van der Waals surface area contributed by atoms with E-state index in [9.17, 15) is 9.90 Å². The summed E-state index contributed by atoms with van der Waals surface area (Å²) in [5, 5.41) is 12.6. The van der Waals surface area contributed by atoms with Crippen molar-refractivity contribution in [2.24, 2.45) is 0 Å². The van der Waals surface area contributed by atoms with Gasteiger partial charge < -0.3 is 15.2 Å². The van der Waals surface area contributed by atoms with Crippen LogP contribution in [0.15, 0.2) is 0 Å². The van der Waals surface area contributed by atoms with Crippen LogP contribution in [-0.4, -0.2) is 59.9 Å². The summed E-state index contributed by atoms with van der Waals surface area (Å²) in [5.74, 6) is -0.703. The van der Waals surface area contributed by atoms with Gasteiger partial charge in [-0.2, -0.15) is 0 Å². The number of fused-ring (bicyclic) bond motifs is 1. The highest BCUT2D eigenvalue weighted by atomic mass is 16.5. The Hall–Kier alpha value is -0.650. The minimum Gasteiger partial charge on any atom is -0.480 e. The van der Waals surface area contributed by atoms with Gasteiger partial charge in [0.15, 0.2) is 0 Å². The van der Waals surface area contributed by atoms with Gasteiger partial charge in [-0.25, -0.2) is 0 Å². The molecule has 1 heterocycles. The van der Waals surface area contributed by atoms with Crippen molar-refractivity contribution in [1.82, 2.24) is 10.2 Å². The topological polar surface area (TPSA) is 61.8 Å². The van der Waals surface area contributed by atoms with Crippen LogP contribution in [0.25, 0.3) is 0 Å². The van der Waals surface area contributed by atoms with E-state index in [-0.39, 0.29) is 6.04 Å². The molecule has 2 aliphatic carbocycles. The maximum atomic E-state index is 11.3. The Balaban J connectivity index is 1.51. The fraction of sp³-hybridized carbons (Fsp3) is 0.933. The van der Waals surface area contributed by atoms with E-state index in [2.05, 4.69) is 10.2 Å². The van der Waals surface area contributed by atoms with Gasteiger partial charge in [0.2, 0.25) is 0 Å². The van der Waals surface area contributed by atoms with Crippen LogP contribution in [0, 0.1) is 0 Å². The number of nitrogens with one attached hydrogen (secondary N) is 1. The molecule has 0 amide bonds. The zero-order valence-corrected chi connectivity index (χ0v) is 12.1. The molecule has 1 saturated heterocycles. The highest BCUT2D eigenvalue weighted by molar-refractivity contribution is 5.73. The van der Waals surface area contributed by atoms with Crippen molar-refractivity contribution in [2.75, 3.05) is 19.7 Å². The lowest BCUT2D eigenvalue weighted by atomic mass is 9.90. The van der Waals surface area contributed by atoms with Crippen LogP contribution in [0.5, 0.6) is 0 Å². The van der Waals surface area contributed by atoms with Gasteiger partial charge in [-0.1, -0.05) is 12.8 Å². The summed E-state index contributed by atoms with van der Waals surface area (Å²) >= 11 is 0. The first-order chi connectivity index (χ1) is 9.74. The van der Waals surface area contributed by atoms with Crippen LogP contribution in [0.3, 0.4) is 0 Å². The molecular formula is C15H26N2O3. The maximum Gasteiger partial charge on any atom is 0.320 e. The highest BCUT2D eigenvalue weighted by Crippen LogP contribution is 2.28. The third-order valence-electron chi connectivity index (χ3n) is 4.86. The molecule has 1 aliphatic heterocycles. The predicted molar refractivity (Wildman–Crippen MR) is 75.8 cm³/mol. The predicted octanol–water partition coefficient (Wildman–Crippen LogP) is 1.23. The van der Waals surface area contributed by atoms with E-state index in [0.717, 1.165) is 32.5 Å². The molecule has 3 aliphatic rings. The summed E-state index contributed by atoms with van der Waals surface area (Å²) in [7, 11) is 0. The summed E-state index contributed by atoms with van der Waals surface area (Å²) in [6, 6.07) is 0.587. The molecule has 0 radical (unpaired) electrons. The normalized spacial score (nSPS) is 32.6. The number of carboxylic acid groups (broad SMARTS) is 1. The third kappa shape index (κ3) is 3.51. The molecule has 3 atom stereocenters. The van der Waals surface area contributed by atoms with Crippen molar-refractivity contribution in [3.63, 3.8) is 0 Å². The number of nitrogens with zero attached hydrogens (tertiary/aromatic N) is 1. The molecule has 3 fully saturated rings. The number of carbonyl (C=O) groups is 1. The minimum absolute atomic E-state index is 0.382. The van der Waals surface area contributed by atoms with E-state index in [1.165, 1.54) is 25.7 Å². The molecule has 3 rings (SSSR count). The van der Waals surface area contributed by atoms with Crippen LogP contribution < -0.4 is 5.32 Å². The molecule has 3 unspecified atom stereocenters. The van der Waals surface area contributed by atoms with E-state index in [1.807, 2.05) is 0 Å². The second kappa shape index (κ2) is 6.41. The van der Waals surface area contributed by atoms with Crippen molar-refractivity contribution < 1.29 is 14.6 Å². The zero-order valence-electron chi connectivity index (χ0n) is 12.1. The fourth-order valence-electron chi connectivity index (χ4n) is 3.56. The molecule has 5 heteroatoms. The quantitative estimate of drug-likeness (QED) is 0.767. The Morgan fingerprint density at radius 3 is 2.85 bits per heavy atom. The highest BCUT2D eigenvalue weighted by Gasteiger charge is 2.35. The van der Waals surface area contributed by atoms with E-state index in [4.69, 9.17) is 4.74 Å². The number of hydrogen-bond acceptors (Lipinski definition) is 4. The fourth-order valence-corrected chi connectivity index (χ4v) is 3.56. The molecule has 0 bridgehead atoms. The summed E-state index contributed by atoms with van der Waals surface area (Å²) in [6.45, 7) is 2.63. The summed E-state index contributed by atoms with van der Waals surface area (Å²) in [4.78, 5) is 13.8. The summed E-state index contributed by atoms with van der Waals surface area (Å²) in [6.07, 6.45) is 8.28. The van der Waals surface area contributed by atoms with Gasteiger partial charge in [0, 0.05) is 25.2 Å². The van der Waals surface area contributed by atoms with Crippen molar-refractivity contribution in [1.29, 1.82) is 0 Å². The van der Waals surface area contributed by atoms with Gasteiger partial charge in [-0.3, -0.25) is 9.69 Å². The summed E-state index contributed by atoms with van der Waals surface area (Å²) < 4.78 is 5.87. The lowest BCUT2D eigenvalue weighted by molar-refractivity contribution is -0.140. The van der Waals surface area contributed by atoms with Crippen LogP contribution in [0.1, 0.15) is 44.9 Å². The average Bonchev–Trinajstić information content (AvgIpc) is 3.27. The summed E-state index contributed by atoms with van der Waals surface area (Å²) in [5.41, 5.74) is 0. The lowest BCUT2D eigenvalue weighted by Gasteiger charge is -2.44. The van der Waals surface area contributed by atoms with E-state index in [1.54, 1.807) is 0 Å². The maximum absolute atomic E-state index is 11.3. The Labute approximate surface area is 120 Å². The molecule has 2 N–H and O–H groups in total.